The molecule has 0 aromatic carbocycles. The molecule has 2 rings (SSSR count). The van der Waals surface area contributed by atoms with Gasteiger partial charge in [0, 0.05) is 6.42 Å². The molecule has 188 valence electrons. The summed E-state index contributed by atoms with van der Waals surface area (Å²) in [5.41, 5.74) is 0. The van der Waals surface area contributed by atoms with Crippen LogP contribution in [0.1, 0.15) is 45.4 Å². The van der Waals surface area contributed by atoms with Crippen LogP contribution in [-0.2, 0) is 23.7 Å². The van der Waals surface area contributed by atoms with Gasteiger partial charge in [0.15, 0.2) is 6.29 Å². The van der Waals surface area contributed by atoms with Gasteiger partial charge in [0.25, 0.3) is 0 Å². The standard InChI is InChI=1S/C20H36O12/c1-2-3-4-5-6-7-13(23)29-9-12-15(25)18(28)20(10-22,31-12)32-19-17(27)16(26)14(24)11(8-21)30-19/h11-12,14-19,21-22,24-28H,2-10H2,1H3. The second-order valence-corrected chi connectivity index (χ2v) is 8.22. The van der Waals surface area contributed by atoms with Gasteiger partial charge >= 0.3 is 5.97 Å². The molecule has 12 heteroatoms. The second-order valence-electron chi connectivity index (χ2n) is 8.22. The Morgan fingerprint density at radius 1 is 0.906 bits per heavy atom. The molecule has 0 saturated carbocycles. The van der Waals surface area contributed by atoms with Crippen molar-refractivity contribution in [3.05, 3.63) is 0 Å². The molecule has 0 amide bonds. The first-order valence-electron chi connectivity index (χ1n) is 11.0. The Hall–Kier alpha value is -0.930. The highest BCUT2D eigenvalue weighted by molar-refractivity contribution is 5.69. The molecule has 2 heterocycles. The molecular weight excluding hydrogens is 432 g/mol. The maximum absolute atomic E-state index is 11.9. The van der Waals surface area contributed by atoms with Crippen LogP contribution < -0.4 is 0 Å². The summed E-state index contributed by atoms with van der Waals surface area (Å²) in [6.45, 7) is -0.0167. The molecule has 0 aromatic heterocycles. The van der Waals surface area contributed by atoms with Crippen molar-refractivity contribution in [2.45, 2.75) is 100 Å². The largest absolute Gasteiger partial charge is 0.463 e. The van der Waals surface area contributed by atoms with Gasteiger partial charge in [-0.2, -0.15) is 0 Å². The Kier molecular flexibility index (Phi) is 10.7. The lowest BCUT2D eigenvalue weighted by Crippen LogP contribution is -2.62. The van der Waals surface area contributed by atoms with Crippen LogP contribution in [0.25, 0.3) is 0 Å². The number of hydrogen-bond donors (Lipinski definition) is 7. The van der Waals surface area contributed by atoms with Crippen LogP contribution in [0.3, 0.4) is 0 Å². The van der Waals surface area contributed by atoms with Crippen molar-refractivity contribution < 1.29 is 59.5 Å². The van der Waals surface area contributed by atoms with E-state index >= 15 is 0 Å². The van der Waals surface area contributed by atoms with E-state index in [4.69, 9.17) is 18.9 Å². The molecule has 0 spiro atoms. The molecule has 9 unspecified atom stereocenters. The van der Waals surface area contributed by atoms with E-state index in [2.05, 4.69) is 6.92 Å². The third-order valence-electron chi connectivity index (χ3n) is 5.78. The quantitative estimate of drug-likeness (QED) is 0.118. The van der Waals surface area contributed by atoms with Crippen LogP contribution in [0.4, 0.5) is 0 Å². The molecule has 0 bridgehead atoms. The van der Waals surface area contributed by atoms with E-state index in [1.54, 1.807) is 0 Å². The average molecular weight is 468 g/mol. The lowest BCUT2D eigenvalue weighted by Gasteiger charge is -2.43. The Morgan fingerprint density at radius 3 is 2.22 bits per heavy atom. The van der Waals surface area contributed by atoms with Crippen LogP contribution in [0.5, 0.6) is 0 Å². The monoisotopic (exact) mass is 468 g/mol. The SMILES string of the molecule is CCCCCCCC(=O)OCC1OC(CO)(OC2OC(CO)C(O)C(O)C2O)C(O)C1O. The molecule has 32 heavy (non-hydrogen) atoms. The summed E-state index contributed by atoms with van der Waals surface area (Å²) in [5.74, 6) is -2.77. The number of unbranched alkanes of at least 4 members (excludes halogenated alkanes) is 4. The molecule has 7 N–H and O–H groups in total. The second kappa shape index (κ2) is 12.5. The number of aliphatic hydroxyl groups is 7. The summed E-state index contributed by atoms with van der Waals surface area (Å²) >= 11 is 0. The normalized spacial score (nSPS) is 39.9. The lowest BCUT2D eigenvalue weighted by molar-refractivity contribution is -0.383. The molecule has 2 aliphatic rings. The smallest absolute Gasteiger partial charge is 0.305 e. The summed E-state index contributed by atoms with van der Waals surface area (Å²) in [5, 5.41) is 69.7. The zero-order valence-electron chi connectivity index (χ0n) is 18.2. The van der Waals surface area contributed by atoms with Crippen LogP contribution in [0.15, 0.2) is 0 Å². The van der Waals surface area contributed by atoms with E-state index in [0.29, 0.717) is 6.42 Å². The summed E-state index contributed by atoms with van der Waals surface area (Å²) in [6.07, 6.45) is -7.92. The van der Waals surface area contributed by atoms with Gasteiger partial charge in [-0.15, -0.1) is 0 Å². The Morgan fingerprint density at radius 2 is 1.59 bits per heavy atom. The number of ether oxygens (including phenoxy) is 4. The van der Waals surface area contributed by atoms with Crippen molar-refractivity contribution in [2.24, 2.45) is 0 Å². The number of esters is 1. The molecule has 0 radical (unpaired) electrons. The highest BCUT2D eigenvalue weighted by Gasteiger charge is 2.58. The van der Waals surface area contributed by atoms with Crippen molar-refractivity contribution in [1.29, 1.82) is 0 Å². The molecule has 0 aliphatic carbocycles. The Bertz CT molecular complexity index is 575. The fourth-order valence-corrected chi connectivity index (χ4v) is 3.74. The molecule has 2 aliphatic heterocycles. The third kappa shape index (κ3) is 6.35. The molecule has 2 saturated heterocycles. The first kappa shape index (κ1) is 27.3. The van der Waals surface area contributed by atoms with Gasteiger partial charge in [-0.1, -0.05) is 32.6 Å². The maximum Gasteiger partial charge on any atom is 0.305 e. The molecule has 12 nitrogen and oxygen atoms in total. The summed E-state index contributed by atoms with van der Waals surface area (Å²) in [7, 11) is 0. The minimum absolute atomic E-state index is 0.196. The van der Waals surface area contributed by atoms with E-state index in [9.17, 15) is 40.5 Å². The number of carbonyl (C=O) groups excluding carboxylic acids is 1. The first-order chi connectivity index (χ1) is 15.2. The van der Waals surface area contributed by atoms with Crippen molar-refractivity contribution >= 4 is 5.97 Å². The van der Waals surface area contributed by atoms with Crippen molar-refractivity contribution in [3.63, 3.8) is 0 Å². The van der Waals surface area contributed by atoms with Gasteiger partial charge in [-0.05, 0) is 6.42 Å². The number of carbonyl (C=O) groups is 1. The molecule has 0 aromatic rings. The van der Waals surface area contributed by atoms with Gasteiger partial charge < -0.3 is 54.7 Å². The van der Waals surface area contributed by atoms with Gasteiger partial charge in [0.05, 0.1) is 6.61 Å². The minimum atomic E-state index is -2.27. The number of hydrogen-bond acceptors (Lipinski definition) is 12. The highest BCUT2D eigenvalue weighted by atomic mass is 16.8. The van der Waals surface area contributed by atoms with Crippen LogP contribution in [0.2, 0.25) is 0 Å². The predicted molar refractivity (Wildman–Crippen MR) is 106 cm³/mol. The zero-order chi connectivity index (χ0) is 23.9. The zero-order valence-corrected chi connectivity index (χ0v) is 18.2. The van der Waals surface area contributed by atoms with Crippen LogP contribution in [-0.4, -0.2) is 116 Å². The van der Waals surface area contributed by atoms with Crippen molar-refractivity contribution in [3.8, 4) is 0 Å². The van der Waals surface area contributed by atoms with E-state index < -0.39 is 80.6 Å². The summed E-state index contributed by atoms with van der Waals surface area (Å²) in [6, 6.07) is 0. The molecule has 9 atom stereocenters. The average Bonchev–Trinajstić information content (AvgIpc) is 3.02. The number of aliphatic hydroxyl groups excluding tert-OH is 7. The fraction of sp³-hybridized carbons (Fsp3) is 0.950. The minimum Gasteiger partial charge on any atom is -0.463 e. The van der Waals surface area contributed by atoms with Crippen molar-refractivity contribution in [2.75, 3.05) is 19.8 Å². The van der Waals surface area contributed by atoms with Gasteiger partial charge in [0.1, 0.15) is 55.9 Å². The van der Waals surface area contributed by atoms with Crippen LogP contribution in [0, 0.1) is 0 Å². The van der Waals surface area contributed by atoms with Gasteiger partial charge in [0.2, 0.25) is 5.79 Å². The summed E-state index contributed by atoms with van der Waals surface area (Å²) in [4.78, 5) is 11.9. The lowest BCUT2D eigenvalue weighted by atomic mass is 9.99. The summed E-state index contributed by atoms with van der Waals surface area (Å²) < 4.78 is 21.2. The van der Waals surface area contributed by atoms with E-state index in [-0.39, 0.29) is 6.42 Å². The third-order valence-corrected chi connectivity index (χ3v) is 5.78. The van der Waals surface area contributed by atoms with Crippen molar-refractivity contribution in [1.82, 2.24) is 0 Å². The maximum atomic E-state index is 11.9. The highest BCUT2D eigenvalue weighted by Crippen LogP contribution is 2.36. The molecule has 2 fully saturated rings. The molecular formula is C20H36O12. The van der Waals surface area contributed by atoms with E-state index in [0.717, 1.165) is 25.7 Å². The van der Waals surface area contributed by atoms with Gasteiger partial charge in [-0.25, -0.2) is 0 Å². The fourth-order valence-electron chi connectivity index (χ4n) is 3.74. The van der Waals surface area contributed by atoms with Gasteiger partial charge in [-0.3, -0.25) is 4.79 Å². The predicted octanol–water partition coefficient (Wildman–Crippen LogP) is -2.48. The Balaban J connectivity index is 1.94. The first-order valence-corrected chi connectivity index (χ1v) is 11.0. The Labute approximate surface area is 186 Å². The number of rotatable bonds is 12. The van der Waals surface area contributed by atoms with E-state index in [1.165, 1.54) is 0 Å². The van der Waals surface area contributed by atoms with E-state index in [1.807, 2.05) is 0 Å². The van der Waals surface area contributed by atoms with Crippen LogP contribution >= 0.6 is 0 Å². The topological polar surface area (TPSA) is 196 Å².